The van der Waals surface area contributed by atoms with Crippen molar-refractivity contribution in [1.29, 1.82) is 0 Å². The third-order valence-electron chi connectivity index (χ3n) is 2.83. The molecule has 0 aliphatic rings. The largest absolute Gasteiger partial charge is 0.271 e. The van der Waals surface area contributed by atoms with Crippen LogP contribution in [0.15, 0.2) is 35.7 Å². The highest BCUT2D eigenvalue weighted by atomic mass is 35.5. The van der Waals surface area contributed by atoms with E-state index >= 15 is 0 Å². The molecule has 0 saturated carbocycles. The van der Waals surface area contributed by atoms with Crippen LogP contribution < -0.4 is 11.3 Å². The topological polar surface area (TPSA) is 38.0 Å². The summed E-state index contributed by atoms with van der Waals surface area (Å²) in [5.74, 6) is 5.64. The summed E-state index contributed by atoms with van der Waals surface area (Å²) in [7, 11) is 0. The van der Waals surface area contributed by atoms with Gasteiger partial charge in [-0.3, -0.25) is 11.3 Å². The third-order valence-corrected chi connectivity index (χ3v) is 3.94. The number of thiophene rings is 1. The Morgan fingerprint density at radius 2 is 2.00 bits per heavy atom. The number of halogens is 1. The highest BCUT2D eigenvalue weighted by molar-refractivity contribution is 7.10. The van der Waals surface area contributed by atoms with E-state index < -0.39 is 0 Å². The zero-order valence-corrected chi connectivity index (χ0v) is 11.2. The van der Waals surface area contributed by atoms with Crippen molar-refractivity contribution in [2.75, 3.05) is 0 Å². The lowest BCUT2D eigenvalue weighted by molar-refractivity contribution is 0.551. The molecule has 0 radical (unpaired) electrons. The molecule has 3 N–H and O–H groups in total. The maximum absolute atomic E-state index is 5.87. The first-order valence-electron chi connectivity index (χ1n) is 5.45. The Labute approximate surface area is 110 Å². The van der Waals surface area contributed by atoms with Gasteiger partial charge in [-0.15, -0.1) is 11.3 Å². The Kier molecular flexibility index (Phi) is 4.18. The van der Waals surface area contributed by atoms with Crippen molar-refractivity contribution in [3.63, 3.8) is 0 Å². The van der Waals surface area contributed by atoms with Crippen LogP contribution in [0.25, 0.3) is 0 Å². The summed E-state index contributed by atoms with van der Waals surface area (Å²) >= 11 is 7.61. The fourth-order valence-corrected chi connectivity index (χ4v) is 2.76. The van der Waals surface area contributed by atoms with Crippen molar-refractivity contribution in [1.82, 2.24) is 5.43 Å². The van der Waals surface area contributed by atoms with Crippen molar-refractivity contribution in [3.05, 3.63) is 56.7 Å². The van der Waals surface area contributed by atoms with Gasteiger partial charge >= 0.3 is 0 Å². The van der Waals surface area contributed by atoms with Crippen LogP contribution in [0.1, 0.15) is 22.0 Å². The van der Waals surface area contributed by atoms with Crippen LogP contribution in [0.4, 0.5) is 0 Å². The number of aryl methyl sites for hydroxylation is 1. The maximum Gasteiger partial charge on any atom is 0.0511 e. The zero-order valence-electron chi connectivity index (χ0n) is 9.61. The molecule has 1 unspecified atom stereocenters. The number of nitrogens with one attached hydrogen (secondary N) is 1. The molecule has 1 aromatic heterocycles. The fourth-order valence-electron chi connectivity index (χ4n) is 1.87. The summed E-state index contributed by atoms with van der Waals surface area (Å²) in [4.78, 5) is 1.31. The van der Waals surface area contributed by atoms with Crippen LogP contribution in [-0.2, 0) is 6.42 Å². The van der Waals surface area contributed by atoms with Crippen LogP contribution in [0.2, 0.25) is 5.02 Å². The van der Waals surface area contributed by atoms with Gasteiger partial charge in [-0.05, 0) is 48.1 Å². The standard InChI is InChI=1S/C13H15ClN2S/c1-9-12(6-7-17-9)13(16-15)8-10-2-4-11(14)5-3-10/h2-7,13,16H,8,15H2,1H3. The van der Waals surface area contributed by atoms with E-state index in [0.29, 0.717) is 0 Å². The minimum absolute atomic E-state index is 0.155. The minimum atomic E-state index is 0.155. The van der Waals surface area contributed by atoms with E-state index in [0.717, 1.165) is 11.4 Å². The maximum atomic E-state index is 5.87. The first-order chi connectivity index (χ1) is 8.20. The molecule has 1 aromatic carbocycles. The van der Waals surface area contributed by atoms with Crippen LogP contribution in [-0.4, -0.2) is 0 Å². The van der Waals surface area contributed by atoms with E-state index in [1.54, 1.807) is 11.3 Å². The van der Waals surface area contributed by atoms with Gasteiger partial charge in [0.1, 0.15) is 0 Å². The zero-order chi connectivity index (χ0) is 12.3. The summed E-state index contributed by atoms with van der Waals surface area (Å²) in [5.41, 5.74) is 5.38. The highest BCUT2D eigenvalue weighted by Gasteiger charge is 2.13. The van der Waals surface area contributed by atoms with Gasteiger partial charge in [0.25, 0.3) is 0 Å². The fraction of sp³-hybridized carbons (Fsp3) is 0.231. The van der Waals surface area contributed by atoms with E-state index in [4.69, 9.17) is 17.4 Å². The van der Waals surface area contributed by atoms with Crippen molar-refractivity contribution in [2.24, 2.45) is 5.84 Å². The summed E-state index contributed by atoms with van der Waals surface area (Å²) in [6.45, 7) is 2.12. The molecule has 0 spiro atoms. The van der Waals surface area contributed by atoms with E-state index in [9.17, 15) is 0 Å². The molecule has 2 rings (SSSR count). The average Bonchev–Trinajstić information content (AvgIpc) is 2.75. The molecule has 0 saturated heterocycles. The Morgan fingerprint density at radius 1 is 1.29 bits per heavy atom. The second-order valence-corrected chi connectivity index (χ2v) is 5.54. The summed E-state index contributed by atoms with van der Waals surface area (Å²) in [5, 5.41) is 2.86. The monoisotopic (exact) mass is 266 g/mol. The van der Waals surface area contributed by atoms with Gasteiger partial charge in [-0.25, -0.2) is 0 Å². The molecule has 17 heavy (non-hydrogen) atoms. The average molecular weight is 267 g/mol. The molecule has 1 heterocycles. The quantitative estimate of drug-likeness (QED) is 0.657. The lowest BCUT2D eigenvalue weighted by Gasteiger charge is -2.16. The molecule has 1 atom stereocenters. The molecule has 0 aliphatic heterocycles. The van der Waals surface area contributed by atoms with Gasteiger partial charge in [0.05, 0.1) is 6.04 Å². The first kappa shape index (κ1) is 12.6. The predicted octanol–water partition coefficient (Wildman–Crippen LogP) is 3.46. The van der Waals surface area contributed by atoms with Gasteiger partial charge in [-0.1, -0.05) is 23.7 Å². The molecule has 0 fully saturated rings. The second kappa shape index (κ2) is 5.65. The lowest BCUT2D eigenvalue weighted by atomic mass is 10.0. The number of benzene rings is 1. The molecule has 0 amide bonds. The minimum Gasteiger partial charge on any atom is -0.271 e. The summed E-state index contributed by atoms with van der Waals surface area (Å²) < 4.78 is 0. The predicted molar refractivity (Wildman–Crippen MR) is 74.3 cm³/mol. The van der Waals surface area contributed by atoms with E-state index in [-0.39, 0.29) is 6.04 Å². The Bertz CT molecular complexity index is 478. The van der Waals surface area contributed by atoms with Gasteiger partial charge in [-0.2, -0.15) is 0 Å². The number of rotatable bonds is 4. The van der Waals surface area contributed by atoms with Gasteiger partial charge in [0.2, 0.25) is 0 Å². The van der Waals surface area contributed by atoms with Crippen LogP contribution in [0.5, 0.6) is 0 Å². The smallest absolute Gasteiger partial charge is 0.0511 e. The van der Waals surface area contributed by atoms with Crippen molar-refractivity contribution < 1.29 is 0 Å². The Balaban J connectivity index is 2.16. The van der Waals surface area contributed by atoms with Crippen LogP contribution in [0.3, 0.4) is 0 Å². The molecule has 4 heteroatoms. The van der Waals surface area contributed by atoms with E-state index in [1.807, 2.05) is 24.3 Å². The van der Waals surface area contributed by atoms with Gasteiger partial charge in [0.15, 0.2) is 0 Å². The van der Waals surface area contributed by atoms with Crippen LogP contribution in [0, 0.1) is 6.92 Å². The number of nitrogens with two attached hydrogens (primary N) is 1. The molecular weight excluding hydrogens is 252 g/mol. The summed E-state index contributed by atoms with van der Waals surface area (Å²) in [6.07, 6.45) is 0.866. The highest BCUT2D eigenvalue weighted by Crippen LogP contribution is 2.25. The second-order valence-electron chi connectivity index (χ2n) is 3.98. The molecular formula is C13H15ClN2S. The van der Waals surface area contributed by atoms with Gasteiger partial charge < -0.3 is 0 Å². The van der Waals surface area contributed by atoms with E-state index in [2.05, 4.69) is 23.8 Å². The first-order valence-corrected chi connectivity index (χ1v) is 6.71. The molecule has 2 aromatic rings. The van der Waals surface area contributed by atoms with Crippen molar-refractivity contribution >= 4 is 22.9 Å². The normalized spacial score (nSPS) is 12.6. The number of hydrogen-bond acceptors (Lipinski definition) is 3. The molecule has 0 aliphatic carbocycles. The molecule has 0 bridgehead atoms. The summed E-state index contributed by atoms with van der Waals surface area (Å²) in [6, 6.07) is 10.2. The number of hydrogen-bond donors (Lipinski definition) is 2. The third kappa shape index (κ3) is 3.07. The molecule has 90 valence electrons. The van der Waals surface area contributed by atoms with Crippen molar-refractivity contribution in [3.8, 4) is 0 Å². The van der Waals surface area contributed by atoms with Crippen LogP contribution >= 0.6 is 22.9 Å². The van der Waals surface area contributed by atoms with E-state index in [1.165, 1.54) is 16.0 Å². The van der Waals surface area contributed by atoms with Gasteiger partial charge in [0, 0.05) is 9.90 Å². The SMILES string of the molecule is Cc1sccc1C(Cc1ccc(Cl)cc1)NN. The van der Waals surface area contributed by atoms with Crippen molar-refractivity contribution in [2.45, 2.75) is 19.4 Å². The Morgan fingerprint density at radius 3 is 2.53 bits per heavy atom. The lowest BCUT2D eigenvalue weighted by Crippen LogP contribution is -2.29. The Hall–Kier alpha value is -0.870. The molecule has 2 nitrogen and oxygen atoms in total. The number of hydrazine groups is 1.